The van der Waals surface area contributed by atoms with E-state index in [1.54, 1.807) is 19.0 Å². The zero-order valence-electron chi connectivity index (χ0n) is 8.99. The number of rotatable bonds is 2. The molecule has 4 heteroatoms. The largest absolute Gasteiger partial charge is 0.394 e. The second kappa shape index (κ2) is 4.28. The summed E-state index contributed by atoms with van der Waals surface area (Å²) in [5, 5.41) is 9.06. The van der Waals surface area contributed by atoms with Gasteiger partial charge >= 0.3 is 0 Å². The van der Waals surface area contributed by atoms with Gasteiger partial charge in [0.15, 0.2) is 0 Å². The Labute approximate surface area is 85.1 Å². The molecule has 0 aromatic heterocycles. The maximum atomic E-state index is 11.6. The van der Waals surface area contributed by atoms with Crippen molar-refractivity contribution >= 4 is 5.91 Å². The number of carbonyl (C=O) groups is 1. The fourth-order valence-corrected chi connectivity index (χ4v) is 1.96. The van der Waals surface area contributed by atoms with Crippen molar-refractivity contribution in [2.24, 2.45) is 11.7 Å². The first-order chi connectivity index (χ1) is 6.48. The molecule has 0 spiro atoms. The highest BCUT2D eigenvalue weighted by atomic mass is 16.3. The van der Waals surface area contributed by atoms with Crippen molar-refractivity contribution in [3.63, 3.8) is 0 Å². The van der Waals surface area contributed by atoms with Gasteiger partial charge in [-0.1, -0.05) is 0 Å². The van der Waals surface area contributed by atoms with Crippen LogP contribution in [0.3, 0.4) is 0 Å². The van der Waals surface area contributed by atoms with Crippen molar-refractivity contribution < 1.29 is 9.90 Å². The van der Waals surface area contributed by atoms with E-state index in [1.807, 2.05) is 0 Å². The monoisotopic (exact) mass is 200 g/mol. The number of aliphatic hydroxyl groups excluding tert-OH is 1. The van der Waals surface area contributed by atoms with Crippen molar-refractivity contribution in [2.45, 2.75) is 31.2 Å². The molecule has 0 atom stereocenters. The standard InChI is InChI=1S/C10H20N2O2/c1-12(2)9(14)8-3-5-10(11,7-13)6-4-8/h8,13H,3-7,11H2,1-2H3. The number of nitrogens with two attached hydrogens (primary N) is 1. The van der Waals surface area contributed by atoms with E-state index in [0.717, 1.165) is 25.7 Å². The summed E-state index contributed by atoms with van der Waals surface area (Å²) in [6.07, 6.45) is 3.09. The Bertz CT molecular complexity index is 208. The molecule has 14 heavy (non-hydrogen) atoms. The van der Waals surface area contributed by atoms with Gasteiger partial charge in [0.1, 0.15) is 0 Å². The molecule has 1 amide bonds. The quantitative estimate of drug-likeness (QED) is 0.657. The Morgan fingerprint density at radius 1 is 1.50 bits per heavy atom. The van der Waals surface area contributed by atoms with E-state index in [9.17, 15) is 4.79 Å². The molecule has 4 nitrogen and oxygen atoms in total. The third-order valence-electron chi connectivity index (χ3n) is 3.09. The van der Waals surface area contributed by atoms with Gasteiger partial charge in [0.2, 0.25) is 5.91 Å². The summed E-state index contributed by atoms with van der Waals surface area (Å²) in [5.74, 6) is 0.290. The molecule has 0 aliphatic heterocycles. The molecule has 0 bridgehead atoms. The molecule has 0 radical (unpaired) electrons. The summed E-state index contributed by atoms with van der Waals surface area (Å²) >= 11 is 0. The Hall–Kier alpha value is -0.610. The molecule has 1 aliphatic rings. The molecule has 0 saturated heterocycles. The highest BCUT2D eigenvalue weighted by molar-refractivity contribution is 5.78. The van der Waals surface area contributed by atoms with Crippen LogP contribution in [0, 0.1) is 5.92 Å². The molecule has 0 heterocycles. The second-order valence-electron chi connectivity index (χ2n) is 4.53. The number of aliphatic hydroxyl groups is 1. The molecule has 0 aromatic carbocycles. The van der Waals surface area contributed by atoms with Gasteiger partial charge in [-0.25, -0.2) is 0 Å². The van der Waals surface area contributed by atoms with Crippen LogP contribution in [-0.4, -0.2) is 42.2 Å². The molecule has 3 N–H and O–H groups in total. The molecular weight excluding hydrogens is 180 g/mol. The summed E-state index contributed by atoms with van der Waals surface area (Å²) in [5.41, 5.74) is 5.48. The van der Waals surface area contributed by atoms with Gasteiger partial charge in [-0.2, -0.15) is 0 Å². The van der Waals surface area contributed by atoms with Crippen LogP contribution in [0.1, 0.15) is 25.7 Å². The lowest BCUT2D eigenvalue weighted by Gasteiger charge is -2.35. The summed E-state index contributed by atoms with van der Waals surface area (Å²) in [6, 6.07) is 0. The average molecular weight is 200 g/mol. The lowest BCUT2D eigenvalue weighted by molar-refractivity contribution is -0.134. The van der Waals surface area contributed by atoms with Gasteiger partial charge in [-0.3, -0.25) is 4.79 Å². The smallest absolute Gasteiger partial charge is 0.225 e. The Morgan fingerprint density at radius 2 is 2.00 bits per heavy atom. The summed E-state index contributed by atoms with van der Waals surface area (Å²) in [6.45, 7) is 0.0237. The fourth-order valence-electron chi connectivity index (χ4n) is 1.96. The molecule has 1 rings (SSSR count). The van der Waals surface area contributed by atoms with E-state index in [4.69, 9.17) is 10.8 Å². The van der Waals surface area contributed by atoms with Crippen LogP contribution in [0.25, 0.3) is 0 Å². The fraction of sp³-hybridized carbons (Fsp3) is 0.900. The van der Waals surface area contributed by atoms with Crippen LogP contribution in [-0.2, 0) is 4.79 Å². The Balaban J connectivity index is 2.47. The minimum absolute atomic E-state index is 0.0237. The van der Waals surface area contributed by atoms with Crippen molar-refractivity contribution in [1.29, 1.82) is 0 Å². The minimum Gasteiger partial charge on any atom is -0.394 e. The molecule has 1 fully saturated rings. The van der Waals surface area contributed by atoms with Crippen molar-refractivity contribution in [1.82, 2.24) is 4.90 Å². The first kappa shape index (κ1) is 11.5. The number of hydrogen-bond donors (Lipinski definition) is 2. The van der Waals surface area contributed by atoms with E-state index < -0.39 is 5.54 Å². The lowest BCUT2D eigenvalue weighted by Crippen LogP contribution is -2.48. The van der Waals surface area contributed by atoms with Gasteiger partial charge < -0.3 is 15.7 Å². The van der Waals surface area contributed by atoms with E-state index in [1.165, 1.54) is 0 Å². The van der Waals surface area contributed by atoms with E-state index in [-0.39, 0.29) is 18.4 Å². The third kappa shape index (κ3) is 2.45. The summed E-state index contributed by atoms with van der Waals surface area (Å²) in [4.78, 5) is 13.3. The Morgan fingerprint density at radius 3 is 2.36 bits per heavy atom. The van der Waals surface area contributed by atoms with E-state index in [0.29, 0.717) is 0 Å². The normalized spacial score (nSPS) is 32.7. The molecule has 0 unspecified atom stereocenters. The van der Waals surface area contributed by atoms with Crippen LogP contribution in [0.15, 0.2) is 0 Å². The topological polar surface area (TPSA) is 66.6 Å². The van der Waals surface area contributed by atoms with Crippen molar-refractivity contribution in [3.8, 4) is 0 Å². The maximum absolute atomic E-state index is 11.6. The molecular formula is C10H20N2O2. The zero-order chi connectivity index (χ0) is 10.8. The number of carbonyl (C=O) groups excluding carboxylic acids is 1. The predicted octanol–water partition coefficient (Wildman–Crippen LogP) is -0.0454. The SMILES string of the molecule is CN(C)C(=O)C1CCC(N)(CO)CC1. The number of amides is 1. The zero-order valence-corrected chi connectivity index (χ0v) is 8.99. The van der Waals surface area contributed by atoms with Gasteiger partial charge in [-0.05, 0) is 25.7 Å². The summed E-state index contributed by atoms with van der Waals surface area (Å²) < 4.78 is 0. The second-order valence-corrected chi connectivity index (χ2v) is 4.53. The van der Waals surface area contributed by atoms with Gasteiger partial charge in [-0.15, -0.1) is 0 Å². The minimum atomic E-state index is -0.441. The molecule has 1 saturated carbocycles. The number of nitrogens with zero attached hydrogens (tertiary/aromatic N) is 1. The van der Waals surface area contributed by atoms with Crippen LogP contribution in [0.2, 0.25) is 0 Å². The lowest BCUT2D eigenvalue weighted by atomic mass is 9.77. The molecule has 1 aliphatic carbocycles. The van der Waals surface area contributed by atoms with Crippen molar-refractivity contribution in [2.75, 3.05) is 20.7 Å². The van der Waals surface area contributed by atoms with Crippen LogP contribution in [0.5, 0.6) is 0 Å². The average Bonchev–Trinajstić information content (AvgIpc) is 2.18. The van der Waals surface area contributed by atoms with Crippen LogP contribution >= 0.6 is 0 Å². The maximum Gasteiger partial charge on any atom is 0.225 e. The number of hydrogen-bond acceptors (Lipinski definition) is 3. The molecule has 82 valence electrons. The van der Waals surface area contributed by atoms with Gasteiger partial charge in [0, 0.05) is 25.6 Å². The van der Waals surface area contributed by atoms with Crippen LogP contribution in [0.4, 0.5) is 0 Å². The van der Waals surface area contributed by atoms with E-state index in [2.05, 4.69) is 0 Å². The first-order valence-corrected chi connectivity index (χ1v) is 5.09. The first-order valence-electron chi connectivity index (χ1n) is 5.09. The molecule has 0 aromatic rings. The Kier molecular flexibility index (Phi) is 3.50. The summed E-state index contributed by atoms with van der Waals surface area (Å²) in [7, 11) is 3.55. The van der Waals surface area contributed by atoms with Crippen molar-refractivity contribution in [3.05, 3.63) is 0 Å². The highest BCUT2D eigenvalue weighted by Gasteiger charge is 2.34. The van der Waals surface area contributed by atoms with Gasteiger partial charge in [0.05, 0.1) is 6.61 Å². The van der Waals surface area contributed by atoms with Crippen LogP contribution < -0.4 is 5.73 Å². The van der Waals surface area contributed by atoms with E-state index >= 15 is 0 Å². The van der Waals surface area contributed by atoms with Gasteiger partial charge in [0.25, 0.3) is 0 Å². The predicted molar refractivity (Wildman–Crippen MR) is 54.7 cm³/mol. The third-order valence-corrected chi connectivity index (χ3v) is 3.09. The highest BCUT2D eigenvalue weighted by Crippen LogP contribution is 2.30.